The molecule has 0 bridgehead atoms. The van der Waals surface area contributed by atoms with Crippen molar-refractivity contribution in [2.24, 2.45) is 0 Å². The van der Waals surface area contributed by atoms with Gasteiger partial charge in [0.05, 0.1) is 39.0 Å². The van der Waals surface area contributed by atoms with Gasteiger partial charge in [0.1, 0.15) is 0 Å². The van der Waals surface area contributed by atoms with E-state index in [0.717, 1.165) is 34.3 Å². The summed E-state index contributed by atoms with van der Waals surface area (Å²) in [7, 11) is 3.26. The van der Waals surface area contributed by atoms with Crippen molar-refractivity contribution in [3.8, 4) is 11.5 Å². The molecule has 158 valence electrons. The third-order valence-corrected chi connectivity index (χ3v) is 6.42. The van der Waals surface area contributed by atoms with E-state index in [0.29, 0.717) is 31.3 Å². The van der Waals surface area contributed by atoms with Gasteiger partial charge in [0, 0.05) is 35.1 Å². The molecule has 0 aliphatic carbocycles. The molecular weight excluding hydrogens is 400 g/mol. The second kappa shape index (κ2) is 9.47. The van der Waals surface area contributed by atoms with Gasteiger partial charge in [0.2, 0.25) is 0 Å². The van der Waals surface area contributed by atoms with Gasteiger partial charge in [-0.3, -0.25) is 9.69 Å². The summed E-state index contributed by atoms with van der Waals surface area (Å²) in [6, 6.07) is 13.9. The number of nitrogens with one attached hydrogen (secondary N) is 1. The average molecular weight is 427 g/mol. The lowest BCUT2D eigenvalue weighted by atomic mass is 10.0. The lowest BCUT2D eigenvalue weighted by Crippen LogP contribution is -2.43. The molecule has 1 fully saturated rings. The molecule has 1 saturated heterocycles. The summed E-state index contributed by atoms with van der Waals surface area (Å²) in [4.78, 5) is 15.3. The minimum Gasteiger partial charge on any atom is -0.493 e. The van der Waals surface area contributed by atoms with Crippen molar-refractivity contribution in [2.45, 2.75) is 6.04 Å². The first kappa shape index (κ1) is 20.7. The Morgan fingerprint density at radius 3 is 2.67 bits per heavy atom. The van der Waals surface area contributed by atoms with Crippen LogP contribution >= 0.6 is 11.3 Å². The third-order valence-electron chi connectivity index (χ3n) is 5.46. The maximum atomic E-state index is 13.0. The number of nitrogens with zero attached hydrogens (tertiary/aromatic N) is 1. The van der Waals surface area contributed by atoms with Crippen LogP contribution < -0.4 is 14.8 Å². The predicted octanol–water partition coefficient (Wildman–Crippen LogP) is 3.72. The van der Waals surface area contributed by atoms with Gasteiger partial charge in [-0.1, -0.05) is 24.3 Å². The summed E-state index contributed by atoms with van der Waals surface area (Å²) in [6.07, 6.45) is 0. The van der Waals surface area contributed by atoms with Crippen LogP contribution in [0.15, 0.2) is 47.8 Å². The standard InChI is InChI=1S/C23H26N2O4S/c1-27-20-8-7-16(13-21(20)28-2)19(25-9-11-29-12-10-25)14-24-23(26)18-15-30-22-6-4-3-5-17(18)22/h3-8,13,15,19H,9-12,14H2,1-2H3,(H,24,26). The molecule has 1 N–H and O–H groups in total. The van der Waals surface area contributed by atoms with Crippen LogP contribution in [0.3, 0.4) is 0 Å². The molecule has 6 nitrogen and oxygen atoms in total. The first-order valence-corrected chi connectivity index (χ1v) is 10.9. The minimum absolute atomic E-state index is 0.0163. The van der Waals surface area contributed by atoms with E-state index in [2.05, 4.69) is 10.2 Å². The summed E-state index contributed by atoms with van der Waals surface area (Å²) in [5.74, 6) is 1.32. The number of benzene rings is 2. The Balaban J connectivity index is 1.56. The minimum atomic E-state index is -0.0498. The van der Waals surface area contributed by atoms with E-state index in [4.69, 9.17) is 14.2 Å². The van der Waals surface area contributed by atoms with Crippen molar-refractivity contribution in [3.63, 3.8) is 0 Å². The van der Waals surface area contributed by atoms with Crippen molar-refractivity contribution in [1.82, 2.24) is 10.2 Å². The molecule has 1 unspecified atom stereocenters. The Morgan fingerprint density at radius 2 is 1.90 bits per heavy atom. The van der Waals surface area contributed by atoms with Gasteiger partial charge < -0.3 is 19.5 Å². The van der Waals surface area contributed by atoms with Crippen LogP contribution in [0.4, 0.5) is 0 Å². The van der Waals surface area contributed by atoms with Crippen LogP contribution in [0.2, 0.25) is 0 Å². The van der Waals surface area contributed by atoms with E-state index in [1.807, 2.05) is 47.8 Å². The maximum Gasteiger partial charge on any atom is 0.252 e. The fraction of sp³-hybridized carbons (Fsp3) is 0.348. The Bertz CT molecular complexity index is 1010. The van der Waals surface area contributed by atoms with Crippen molar-refractivity contribution in [2.75, 3.05) is 47.1 Å². The fourth-order valence-electron chi connectivity index (χ4n) is 3.85. The van der Waals surface area contributed by atoms with Gasteiger partial charge >= 0.3 is 0 Å². The van der Waals surface area contributed by atoms with E-state index >= 15 is 0 Å². The SMILES string of the molecule is COc1ccc(C(CNC(=O)c2csc3ccccc23)N2CCOCC2)cc1OC. The monoisotopic (exact) mass is 426 g/mol. The van der Waals surface area contributed by atoms with E-state index in [-0.39, 0.29) is 11.9 Å². The molecule has 0 saturated carbocycles. The second-order valence-corrected chi connectivity index (χ2v) is 8.05. The molecule has 2 aromatic carbocycles. The molecule has 1 aliphatic rings. The average Bonchev–Trinajstić information content (AvgIpc) is 3.24. The number of rotatable bonds is 7. The highest BCUT2D eigenvalue weighted by molar-refractivity contribution is 7.17. The summed E-state index contributed by atoms with van der Waals surface area (Å²) >= 11 is 1.59. The van der Waals surface area contributed by atoms with Gasteiger partial charge in [-0.25, -0.2) is 0 Å². The molecule has 4 rings (SSSR count). The lowest BCUT2D eigenvalue weighted by Gasteiger charge is -2.35. The van der Waals surface area contributed by atoms with Gasteiger partial charge in [0.15, 0.2) is 11.5 Å². The number of morpholine rings is 1. The van der Waals surface area contributed by atoms with Crippen LogP contribution in [-0.4, -0.2) is 57.9 Å². The largest absolute Gasteiger partial charge is 0.493 e. The number of amides is 1. The van der Waals surface area contributed by atoms with E-state index in [9.17, 15) is 4.79 Å². The maximum absolute atomic E-state index is 13.0. The fourth-order valence-corrected chi connectivity index (χ4v) is 4.79. The van der Waals surface area contributed by atoms with Crippen molar-refractivity contribution in [1.29, 1.82) is 0 Å². The molecule has 30 heavy (non-hydrogen) atoms. The highest BCUT2D eigenvalue weighted by atomic mass is 32.1. The highest BCUT2D eigenvalue weighted by Gasteiger charge is 2.25. The van der Waals surface area contributed by atoms with E-state index in [1.54, 1.807) is 25.6 Å². The highest BCUT2D eigenvalue weighted by Crippen LogP contribution is 2.32. The Labute approximate surface area is 180 Å². The molecule has 1 aromatic heterocycles. The number of carbonyl (C=O) groups excluding carboxylic acids is 1. The first-order chi connectivity index (χ1) is 14.7. The van der Waals surface area contributed by atoms with Crippen molar-refractivity contribution < 1.29 is 19.0 Å². The van der Waals surface area contributed by atoms with Crippen LogP contribution in [-0.2, 0) is 4.74 Å². The predicted molar refractivity (Wildman–Crippen MR) is 119 cm³/mol. The molecule has 1 amide bonds. The van der Waals surface area contributed by atoms with Crippen molar-refractivity contribution >= 4 is 27.3 Å². The van der Waals surface area contributed by atoms with Crippen LogP contribution in [0.1, 0.15) is 22.0 Å². The van der Waals surface area contributed by atoms with Crippen LogP contribution in [0.25, 0.3) is 10.1 Å². The molecular formula is C23H26N2O4S. The van der Waals surface area contributed by atoms with Crippen molar-refractivity contribution in [3.05, 3.63) is 59.0 Å². The molecule has 1 aliphatic heterocycles. The third kappa shape index (κ3) is 4.28. The quantitative estimate of drug-likeness (QED) is 0.624. The number of fused-ring (bicyclic) bond motifs is 1. The van der Waals surface area contributed by atoms with Gasteiger partial charge in [-0.2, -0.15) is 0 Å². The summed E-state index contributed by atoms with van der Waals surface area (Å²) in [5, 5.41) is 6.08. The van der Waals surface area contributed by atoms with Crippen LogP contribution in [0.5, 0.6) is 11.5 Å². The van der Waals surface area contributed by atoms with Gasteiger partial charge in [0.25, 0.3) is 5.91 Å². The number of hydrogen-bond donors (Lipinski definition) is 1. The van der Waals surface area contributed by atoms with Crippen LogP contribution in [0, 0.1) is 0 Å². The smallest absolute Gasteiger partial charge is 0.252 e. The molecule has 1 atom stereocenters. The summed E-state index contributed by atoms with van der Waals surface area (Å²) in [5.41, 5.74) is 1.80. The molecule has 3 aromatic rings. The molecule has 7 heteroatoms. The Kier molecular flexibility index (Phi) is 6.52. The Morgan fingerprint density at radius 1 is 1.13 bits per heavy atom. The van der Waals surface area contributed by atoms with E-state index < -0.39 is 0 Å². The number of carbonyl (C=O) groups is 1. The Hall–Kier alpha value is -2.61. The topological polar surface area (TPSA) is 60.0 Å². The molecule has 0 spiro atoms. The molecule has 2 heterocycles. The molecule has 0 radical (unpaired) electrons. The normalized spacial score (nSPS) is 15.7. The zero-order valence-electron chi connectivity index (χ0n) is 17.2. The number of methoxy groups -OCH3 is 2. The van der Waals surface area contributed by atoms with Gasteiger partial charge in [-0.05, 0) is 23.8 Å². The first-order valence-electron chi connectivity index (χ1n) is 9.99. The number of thiophene rings is 1. The number of hydrogen-bond acceptors (Lipinski definition) is 6. The lowest BCUT2D eigenvalue weighted by molar-refractivity contribution is 0.0162. The summed E-state index contributed by atoms with van der Waals surface area (Å²) in [6.45, 7) is 3.50. The zero-order valence-corrected chi connectivity index (χ0v) is 18.0. The zero-order chi connectivity index (χ0) is 20.9. The number of ether oxygens (including phenoxy) is 3. The summed E-state index contributed by atoms with van der Waals surface area (Å²) < 4.78 is 17.5. The second-order valence-electron chi connectivity index (χ2n) is 7.13. The van der Waals surface area contributed by atoms with E-state index in [1.165, 1.54) is 0 Å². The van der Waals surface area contributed by atoms with Gasteiger partial charge in [-0.15, -0.1) is 11.3 Å².